The van der Waals surface area contributed by atoms with Gasteiger partial charge in [0.1, 0.15) is 11.4 Å². The second-order valence-electron chi connectivity index (χ2n) is 4.98. The number of aliphatic hydroxyl groups is 1. The summed E-state index contributed by atoms with van der Waals surface area (Å²) < 4.78 is 0. The fourth-order valence-electron chi connectivity index (χ4n) is 2.34. The highest BCUT2D eigenvalue weighted by molar-refractivity contribution is 5.94. The Morgan fingerprint density at radius 3 is 2.72 bits per heavy atom. The van der Waals surface area contributed by atoms with Gasteiger partial charge in [-0.05, 0) is 44.2 Å². The Balaban J connectivity index is 2.12. The first-order chi connectivity index (χ1) is 8.47. The number of carbonyl (C=O) groups is 1. The van der Waals surface area contributed by atoms with Crippen LogP contribution in [0.25, 0.3) is 0 Å². The first kappa shape index (κ1) is 12.8. The maximum absolute atomic E-state index is 11.2. The maximum Gasteiger partial charge on any atom is 0.339 e. The molecule has 1 aromatic heterocycles. The lowest BCUT2D eigenvalue weighted by atomic mass is 9.82. The van der Waals surface area contributed by atoms with Gasteiger partial charge in [-0.15, -0.1) is 0 Å². The van der Waals surface area contributed by atoms with Crippen molar-refractivity contribution >= 4 is 11.8 Å². The van der Waals surface area contributed by atoms with Gasteiger partial charge < -0.3 is 15.5 Å². The lowest BCUT2D eigenvalue weighted by Gasteiger charge is -2.31. The summed E-state index contributed by atoms with van der Waals surface area (Å²) in [6.07, 6.45) is 1.36. The molecule has 1 aromatic rings. The van der Waals surface area contributed by atoms with Crippen molar-refractivity contribution in [2.75, 3.05) is 11.9 Å². The van der Waals surface area contributed by atoms with Crippen molar-refractivity contribution in [1.29, 1.82) is 0 Å². The minimum Gasteiger partial charge on any atom is -0.478 e. The zero-order valence-electron chi connectivity index (χ0n) is 10.6. The average Bonchev–Trinajstić information content (AvgIpc) is 2.21. The summed E-state index contributed by atoms with van der Waals surface area (Å²) in [6.45, 7) is 4.28. The number of nitrogens with zero attached hydrogens (tertiary/aromatic N) is 1. The Kier molecular flexibility index (Phi) is 3.52. The van der Waals surface area contributed by atoms with E-state index in [0.29, 0.717) is 23.8 Å². The number of hydrogen-bond acceptors (Lipinski definition) is 4. The Morgan fingerprint density at radius 2 is 2.17 bits per heavy atom. The van der Waals surface area contributed by atoms with Gasteiger partial charge in [-0.3, -0.25) is 0 Å². The Labute approximate surface area is 106 Å². The predicted molar refractivity (Wildman–Crippen MR) is 67.9 cm³/mol. The lowest BCUT2D eigenvalue weighted by molar-refractivity contribution is 0.0485. The van der Waals surface area contributed by atoms with Gasteiger partial charge in [0, 0.05) is 12.2 Å². The zero-order chi connectivity index (χ0) is 13.3. The molecule has 0 amide bonds. The van der Waals surface area contributed by atoms with Gasteiger partial charge in [0.05, 0.1) is 6.10 Å². The summed E-state index contributed by atoms with van der Waals surface area (Å²) in [6, 6.07) is 1.77. The number of carboxylic acid groups (broad SMARTS) is 1. The summed E-state index contributed by atoms with van der Waals surface area (Å²) in [7, 11) is 0. The first-order valence-corrected chi connectivity index (χ1v) is 6.11. The molecule has 1 heterocycles. The number of aryl methyl sites for hydroxylation is 2. The molecule has 18 heavy (non-hydrogen) atoms. The third-order valence-electron chi connectivity index (χ3n) is 3.33. The van der Waals surface area contributed by atoms with Crippen LogP contribution in [0, 0.1) is 19.8 Å². The zero-order valence-corrected chi connectivity index (χ0v) is 10.6. The van der Waals surface area contributed by atoms with Crippen LogP contribution in [0.15, 0.2) is 6.07 Å². The van der Waals surface area contributed by atoms with Crippen molar-refractivity contribution in [1.82, 2.24) is 4.98 Å². The molecule has 0 saturated heterocycles. The molecule has 0 radical (unpaired) electrons. The molecule has 0 spiro atoms. The van der Waals surface area contributed by atoms with Gasteiger partial charge in [-0.1, -0.05) is 0 Å². The van der Waals surface area contributed by atoms with Crippen molar-refractivity contribution < 1.29 is 15.0 Å². The van der Waals surface area contributed by atoms with Gasteiger partial charge in [-0.2, -0.15) is 0 Å². The van der Waals surface area contributed by atoms with Crippen LogP contribution in [0.1, 0.15) is 34.5 Å². The number of anilines is 1. The van der Waals surface area contributed by atoms with Crippen LogP contribution in [-0.4, -0.2) is 33.8 Å². The molecule has 1 aliphatic rings. The van der Waals surface area contributed by atoms with E-state index in [2.05, 4.69) is 10.3 Å². The molecule has 5 heteroatoms. The number of nitrogens with one attached hydrogen (secondary N) is 1. The highest BCUT2D eigenvalue weighted by Gasteiger charge is 2.27. The van der Waals surface area contributed by atoms with Crippen LogP contribution >= 0.6 is 0 Å². The number of rotatable bonds is 4. The number of hydrogen-bond donors (Lipinski definition) is 3. The predicted octanol–water partition coefficient (Wildman–Crippen LogP) is 1.58. The third-order valence-corrected chi connectivity index (χ3v) is 3.33. The van der Waals surface area contributed by atoms with E-state index in [9.17, 15) is 15.0 Å². The van der Waals surface area contributed by atoms with Gasteiger partial charge in [0.25, 0.3) is 0 Å². The Hall–Kier alpha value is -1.62. The summed E-state index contributed by atoms with van der Waals surface area (Å²) in [5.74, 6) is -0.123. The molecule has 1 aliphatic carbocycles. The first-order valence-electron chi connectivity index (χ1n) is 6.11. The van der Waals surface area contributed by atoms with Crippen molar-refractivity contribution in [3.05, 3.63) is 22.9 Å². The van der Waals surface area contributed by atoms with Crippen LogP contribution in [0.3, 0.4) is 0 Å². The molecule has 1 saturated carbocycles. The Bertz CT molecular complexity index is 468. The SMILES string of the molecule is Cc1cc(C)c(C(=O)O)c(NCC2CC(O)C2)n1. The molecule has 0 atom stereocenters. The summed E-state index contributed by atoms with van der Waals surface area (Å²) in [5, 5.41) is 21.5. The molecule has 0 aromatic carbocycles. The summed E-state index contributed by atoms with van der Waals surface area (Å²) in [4.78, 5) is 15.5. The summed E-state index contributed by atoms with van der Waals surface area (Å²) in [5.41, 5.74) is 1.75. The fraction of sp³-hybridized carbons (Fsp3) is 0.538. The molecule has 2 rings (SSSR count). The number of pyridine rings is 1. The van der Waals surface area contributed by atoms with Crippen molar-refractivity contribution in [2.45, 2.75) is 32.8 Å². The molecule has 1 fully saturated rings. The molecule has 0 aliphatic heterocycles. The third kappa shape index (κ3) is 2.61. The second kappa shape index (κ2) is 4.94. The average molecular weight is 250 g/mol. The number of aromatic carboxylic acids is 1. The molecule has 98 valence electrons. The van der Waals surface area contributed by atoms with Crippen molar-refractivity contribution in [3.63, 3.8) is 0 Å². The van der Waals surface area contributed by atoms with Crippen molar-refractivity contribution in [3.8, 4) is 0 Å². The molecular weight excluding hydrogens is 232 g/mol. The van der Waals surface area contributed by atoms with E-state index < -0.39 is 5.97 Å². The topological polar surface area (TPSA) is 82.5 Å². The normalized spacial score (nSPS) is 22.4. The standard InChI is InChI=1S/C13H18N2O3/c1-7-3-8(2)15-12(11(7)13(17)18)14-6-9-4-10(16)5-9/h3,9-10,16H,4-6H2,1-2H3,(H,14,15)(H,17,18). The fourth-order valence-corrected chi connectivity index (χ4v) is 2.34. The molecular formula is C13H18N2O3. The van der Waals surface area contributed by atoms with Crippen LogP contribution in [0.5, 0.6) is 0 Å². The second-order valence-corrected chi connectivity index (χ2v) is 4.98. The van der Waals surface area contributed by atoms with Crippen LogP contribution in [0.4, 0.5) is 5.82 Å². The molecule has 0 bridgehead atoms. The van der Waals surface area contributed by atoms with E-state index in [4.69, 9.17) is 0 Å². The van der Waals surface area contributed by atoms with E-state index in [1.807, 2.05) is 6.92 Å². The highest BCUT2D eigenvalue weighted by atomic mass is 16.4. The molecule has 0 unspecified atom stereocenters. The highest BCUT2D eigenvalue weighted by Crippen LogP contribution is 2.28. The van der Waals surface area contributed by atoms with Crippen LogP contribution in [0.2, 0.25) is 0 Å². The van der Waals surface area contributed by atoms with E-state index in [1.165, 1.54) is 0 Å². The van der Waals surface area contributed by atoms with Gasteiger partial charge in [0.15, 0.2) is 0 Å². The smallest absolute Gasteiger partial charge is 0.339 e. The Morgan fingerprint density at radius 1 is 1.50 bits per heavy atom. The minimum atomic E-state index is -0.962. The molecule has 5 nitrogen and oxygen atoms in total. The molecule has 3 N–H and O–H groups in total. The number of aliphatic hydroxyl groups excluding tert-OH is 1. The van der Waals surface area contributed by atoms with E-state index in [1.54, 1.807) is 13.0 Å². The van der Waals surface area contributed by atoms with E-state index in [-0.39, 0.29) is 11.7 Å². The van der Waals surface area contributed by atoms with E-state index in [0.717, 1.165) is 18.5 Å². The largest absolute Gasteiger partial charge is 0.478 e. The van der Waals surface area contributed by atoms with E-state index >= 15 is 0 Å². The van der Waals surface area contributed by atoms with Gasteiger partial charge in [-0.25, -0.2) is 9.78 Å². The van der Waals surface area contributed by atoms with Crippen LogP contribution < -0.4 is 5.32 Å². The van der Waals surface area contributed by atoms with Gasteiger partial charge in [0.2, 0.25) is 0 Å². The lowest BCUT2D eigenvalue weighted by Crippen LogP contribution is -2.33. The quantitative estimate of drug-likeness (QED) is 0.755. The minimum absolute atomic E-state index is 0.192. The summed E-state index contributed by atoms with van der Waals surface area (Å²) >= 11 is 0. The monoisotopic (exact) mass is 250 g/mol. The number of aromatic nitrogens is 1. The van der Waals surface area contributed by atoms with Gasteiger partial charge >= 0.3 is 5.97 Å². The van der Waals surface area contributed by atoms with Crippen molar-refractivity contribution in [2.24, 2.45) is 5.92 Å². The van der Waals surface area contributed by atoms with Crippen LogP contribution in [-0.2, 0) is 0 Å². The maximum atomic E-state index is 11.2. The number of carboxylic acids is 1.